The molecule has 0 saturated carbocycles. The molecule has 2 saturated heterocycles. The van der Waals surface area contributed by atoms with Crippen LogP contribution in [-0.2, 0) is 15.1 Å². The molecule has 3 heterocycles. The number of hydrazone groups is 2. The average Bonchev–Trinajstić information content (AvgIpc) is 3.50. The SMILES string of the molecule is CCC(CC=NN(C(C)=O)C(C)CC)c1ccc(N2CCN(c3ccc(SCC4CCC(CN5C=CCC(C)C=N5)(c5ccc(F)cc5F)O4)cc3)CC2)cc1. The van der Waals surface area contributed by atoms with Crippen molar-refractivity contribution in [1.29, 1.82) is 0 Å². The van der Waals surface area contributed by atoms with Gasteiger partial charge in [-0.1, -0.05) is 45.0 Å². The number of ether oxygens (including phenoxy) is 1. The van der Waals surface area contributed by atoms with Crippen molar-refractivity contribution in [3.05, 3.63) is 102 Å². The summed E-state index contributed by atoms with van der Waals surface area (Å²) in [5.74, 6) is 0.217. The number of nitrogens with zero attached hydrogens (tertiary/aromatic N) is 6. The van der Waals surface area contributed by atoms with Gasteiger partial charge in [-0.3, -0.25) is 9.80 Å². The number of hydrogen-bond donors (Lipinski definition) is 0. The van der Waals surface area contributed by atoms with E-state index in [0.717, 1.165) is 70.1 Å². The molecule has 300 valence electrons. The van der Waals surface area contributed by atoms with Gasteiger partial charge in [0.15, 0.2) is 0 Å². The first-order chi connectivity index (χ1) is 27.1. The predicted octanol–water partition coefficient (Wildman–Crippen LogP) is 9.82. The molecular formula is C45H58F2N6O2S. The van der Waals surface area contributed by atoms with Gasteiger partial charge in [-0.05, 0) is 105 Å². The Balaban J connectivity index is 0.996. The monoisotopic (exact) mass is 784 g/mol. The topological polar surface area (TPSA) is 64.0 Å². The molecule has 1 amide bonds. The summed E-state index contributed by atoms with van der Waals surface area (Å²) in [6.45, 7) is 14.1. The molecule has 11 heteroatoms. The lowest BCUT2D eigenvalue weighted by Gasteiger charge is -2.37. The van der Waals surface area contributed by atoms with Crippen molar-refractivity contribution in [2.24, 2.45) is 16.1 Å². The lowest BCUT2D eigenvalue weighted by atomic mass is 9.89. The lowest BCUT2D eigenvalue weighted by molar-refractivity contribution is -0.130. The minimum atomic E-state index is -0.924. The molecule has 5 unspecified atom stereocenters. The van der Waals surface area contributed by atoms with E-state index in [2.05, 4.69) is 95.4 Å². The molecule has 5 atom stereocenters. The zero-order valence-corrected chi connectivity index (χ0v) is 34.4. The largest absolute Gasteiger partial charge is 0.368 e. The van der Waals surface area contributed by atoms with E-state index in [9.17, 15) is 9.18 Å². The second-order valence-corrected chi connectivity index (χ2v) is 16.6. The van der Waals surface area contributed by atoms with Crippen LogP contribution in [0.25, 0.3) is 0 Å². The summed E-state index contributed by atoms with van der Waals surface area (Å²) in [7, 11) is 0. The van der Waals surface area contributed by atoms with Gasteiger partial charge in [-0.25, -0.2) is 13.8 Å². The third-order valence-electron chi connectivity index (χ3n) is 11.4. The lowest BCUT2D eigenvalue weighted by Crippen LogP contribution is -2.46. The van der Waals surface area contributed by atoms with Crippen LogP contribution in [-0.4, -0.2) is 79.0 Å². The van der Waals surface area contributed by atoms with E-state index < -0.39 is 17.2 Å². The first-order valence-electron chi connectivity index (χ1n) is 20.3. The fraction of sp³-hybridized carbons (Fsp3) is 0.489. The number of thioether (sulfide) groups is 1. The Labute approximate surface area is 336 Å². The minimum Gasteiger partial charge on any atom is -0.368 e. The summed E-state index contributed by atoms with van der Waals surface area (Å²) in [6.07, 6.45) is 12.7. The van der Waals surface area contributed by atoms with Crippen molar-refractivity contribution in [3.8, 4) is 0 Å². The summed E-state index contributed by atoms with van der Waals surface area (Å²) in [5.41, 5.74) is 3.22. The van der Waals surface area contributed by atoms with Crippen LogP contribution in [0, 0.1) is 17.6 Å². The Morgan fingerprint density at radius 2 is 1.70 bits per heavy atom. The number of carbonyl (C=O) groups is 1. The fourth-order valence-corrected chi connectivity index (χ4v) is 8.80. The van der Waals surface area contributed by atoms with E-state index in [-0.39, 0.29) is 18.1 Å². The van der Waals surface area contributed by atoms with E-state index in [1.165, 1.54) is 34.0 Å². The number of piperazine rings is 1. The molecule has 0 spiro atoms. The Morgan fingerprint density at radius 3 is 2.32 bits per heavy atom. The summed E-state index contributed by atoms with van der Waals surface area (Å²) < 4.78 is 35.9. The number of benzene rings is 3. The Morgan fingerprint density at radius 1 is 1.02 bits per heavy atom. The summed E-state index contributed by atoms with van der Waals surface area (Å²) in [4.78, 5) is 18.1. The second-order valence-electron chi connectivity index (χ2n) is 15.5. The van der Waals surface area contributed by atoms with E-state index in [0.29, 0.717) is 30.4 Å². The molecule has 8 nitrogen and oxygen atoms in total. The van der Waals surface area contributed by atoms with Crippen LogP contribution in [0.15, 0.2) is 94.1 Å². The standard InChI is InChI=1S/C45H58F2N6O2S/c1-6-34(4)53(35(5)54)48-23-21-36(7-2)37-10-13-39(14-11-37)50-25-27-51(28-26-50)40-15-17-42(18-16-40)56-31-41-20-22-45(55-41,43-19-12-38(46)29-44(43)47)32-52-24-8-9-33(3)30-49-52/h8,10-19,23-24,29-30,33-34,36,41H,6-7,9,20-22,25-28,31-32H2,1-5H3. The van der Waals surface area contributed by atoms with Gasteiger partial charge in [0.05, 0.1) is 18.7 Å². The number of anilines is 2. The van der Waals surface area contributed by atoms with Crippen LogP contribution in [0.4, 0.5) is 20.2 Å². The maximum absolute atomic E-state index is 15.3. The molecule has 0 aromatic heterocycles. The van der Waals surface area contributed by atoms with E-state index in [1.807, 2.05) is 30.6 Å². The van der Waals surface area contributed by atoms with Crippen LogP contribution in [0.5, 0.6) is 0 Å². The molecule has 3 aromatic rings. The highest BCUT2D eigenvalue weighted by Gasteiger charge is 2.45. The zero-order valence-electron chi connectivity index (χ0n) is 33.6. The normalized spacial score (nSPS) is 22.4. The van der Waals surface area contributed by atoms with Gasteiger partial charge in [0.2, 0.25) is 5.91 Å². The average molecular weight is 785 g/mol. The molecule has 3 aliphatic heterocycles. The van der Waals surface area contributed by atoms with Gasteiger partial charge >= 0.3 is 0 Å². The van der Waals surface area contributed by atoms with E-state index in [1.54, 1.807) is 23.7 Å². The molecule has 6 rings (SSSR count). The van der Waals surface area contributed by atoms with Crippen molar-refractivity contribution >= 4 is 41.5 Å². The molecule has 3 aromatic carbocycles. The van der Waals surface area contributed by atoms with Crippen molar-refractivity contribution in [2.75, 3.05) is 48.3 Å². The Bertz CT molecular complexity index is 1830. The summed E-state index contributed by atoms with van der Waals surface area (Å²) >= 11 is 1.75. The minimum absolute atomic E-state index is 0.0226. The smallest absolute Gasteiger partial charge is 0.239 e. The van der Waals surface area contributed by atoms with Crippen LogP contribution in [0.3, 0.4) is 0 Å². The quantitative estimate of drug-likeness (QED) is 0.0869. The molecule has 2 fully saturated rings. The molecule has 0 bridgehead atoms. The summed E-state index contributed by atoms with van der Waals surface area (Å²) in [6, 6.07) is 21.6. The molecule has 56 heavy (non-hydrogen) atoms. The zero-order chi connectivity index (χ0) is 39.7. The van der Waals surface area contributed by atoms with Gasteiger partial charge in [0, 0.05) is 85.4 Å². The fourth-order valence-electron chi connectivity index (χ4n) is 7.86. The maximum Gasteiger partial charge on any atom is 0.239 e. The highest BCUT2D eigenvalue weighted by atomic mass is 32.2. The third-order valence-corrected chi connectivity index (χ3v) is 12.6. The third kappa shape index (κ3) is 10.4. The van der Waals surface area contributed by atoms with Crippen LogP contribution >= 0.6 is 11.8 Å². The first kappa shape index (κ1) is 41.4. The molecular weight excluding hydrogens is 727 g/mol. The van der Waals surface area contributed by atoms with Crippen molar-refractivity contribution in [2.45, 2.75) is 102 Å². The van der Waals surface area contributed by atoms with Crippen LogP contribution in [0.1, 0.15) is 90.2 Å². The number of hydrogen-bond acceptors (Lipinski definition) is 8. The van der Waals surface area contributed by atoms with Gasteiger partial charge in [0.1, 0.15) is 17.2 Å². The highest BCUT2D eigenvalue weighted by molar-refractivity contribution is 7.99. The van der Waals surface area contributed by atoms with Crippen molar-refractivity contribution in [1.82, 2.24) is 10.0 Å². The first-order valence-corrected chi connectivity index (χ1v) is 21.3. The Hall–Kier alpha value is -4.22. The molecule has 0 radical (unpaired) electrons. The number of halogens is 2. The number of rotatable bonds is 15. The predicted molar refractivity (Wildman–Crippen MR) is 227 cm³/mol. The van der Waals surface area contributed by atoms with Crippen LogP contribution < -0.4 is 9.80 Å². The van der Waals surface area contributed by atoms with E-state index in [4.69, 9.17) is 4.74 Å². The molecule has 0 N–H and O–H groups in total. The van der Waals surface area contributed by atoms with Gasteiger partial charge in [-0.15, -0.1) is 11.8 Å². The number of amides is 1. The second kappa shape index (κ2) is 19.3. The molecule has 3 aliphatic rings. The van der Waals surface area contributed by atoms with Gasteiger partial charge in [-0.2, -0.15) is 10.2 Å². The number of allylic oxidation sites excluding steroid dienone is 1. The van der Waals surface area contributed by atoms with Crippen molar-refractivity contribution in [3.63, 3.8) is 0 Å². The molecule has 0 aliphatic carbocycles. The Kier molecular flexibility index (Phi) is 14.3. The number of carbonyl (C=O) groups excluding carboxylic acids is 1. The van der Waals surface area contributed by atoms with Gasteiger partial charge in [0.25, 0.3) is 0 Å². The van der Waals surface area contributed by atoms with E-state index >= 15 is 4.39 Å². The van der Waals surface area contributed by atoms with Crippen LogP contribution in [0.2, 0.25) is 0 Å². The maximum atomic E-state index is 15.3. The van der Waals surface area contributed by atoms with Crippen molar-refractivity contribution < 1.29 is 18.3 Å². The van der Waals surface area contributed by atoms with Gasteiger partial charge < -0.3 is 14.5 Å². The summed E-state index contributed by atoms with van der Waals surface area (Å²) in [5, 5.41) is 12.6. The highest BCUT2D eigenvalue weighted by Crippen LogP contribution is 2.43.